The average Bonchev–Trinajstić information content (AvgIpc) is 3.33. The fraction of sp³-hybridized carbons (Fsp3) is 0.125. The largest absolute Gasteiger partial charge is 0.493 e. The van der Waals surface area contributed by atoms with Crippen molar-refractivity contribution in [3.63, 3.8) is 0 Å². The van der Waals surface area contributed by atoms with E-state index in [1.165, 1.54) is 0 Å². The molecule has 0 spiro atoms. The number of carbonyl (C=O) groups excluding carboxylic acids is 1. The Bertz CT molecular complexity index is 1480. The Kier molecular flexibility index (Phi) is 7.42. The van der Waals surface area contributed by atoms with Gasteiger partial charge in [0.2, 0.25) is 5.89 Å². The molecule has 4 aromatic carbocycles. The molecule has 0 fully saturated rings. The van der Waals surface area contributed by atoms with Crippen LogP contribution in [0.4, 0.5) is 0 Å². The van der Waals surface area contributed by atoms with E-state index in [4.69, 9.17) is 9.15 Å². The van der Waals surface area contributed by atoms with Gasteiger partial charge in [-0.15, -0.1) is 0 Å². The number of nitrogens with zero attached hydrogens (tertiary/aromatic N) is 1. The van der Waals surface area contributed by atoms with E-state index in [0.717, 1.165) is 39.5 Å². The molecule has 0 saturated heterocycles. The molecule has 184 valence electrons. The van der Waals surface area contributed by atoms with Crippen molar-refractivity contribution in [2.75, 3.05) is 6.61 Å². The van der Waals surface area contributed by atoms with E-state index in [1.807, 2.05) is 116 Å². The number of ether oxygens (including phenoxy) is 1. The average molecular weight is 489 g/mol. The van der Waals surface area contributed by atoms with Crippen LogP contribution in [0.3, 0.4) is 0 Å². The van der Waals surface area contributed by atoms with Crippen LogP contribution in [0.2, 0.25) is 0 Å². The fourth-order valence-corrected chi connectivity index (χ4v) is 4.20. The van der Waals surface area contributed by atoms with Crippen LogP contribution >= 0.6 is 0 Å². The van der Waals surface area contributed by atoms with E-state index < -0.39 is 0 Å². The van der Waals surface area contributed by atoms with Gasteiger partial charge in [-0.1, -0.05) is 78.9 Å². The molecule has 37 heavy (non-hydrogen) atoms. The summed E-state index contributed by atoms with van der Waals surface area (Å²) in [6, 6.07) is 35.2. The molecule has 1 N–H and O–H groups in total. The quantitative estimate of drug-likeness (QED) is 0.246. The van der Waals surface area contributed by atoms with Gasteiger partial charge in [-0.25, -0.2) is 4.98 Å². The van der Waals surface area contributed by atoms with E-state index in [9.17, 15) is 4.79 Å². The number of benzene rings is 4. The lowest BCUT2D eigenvalue weighted by molar-refractivity contribution is 0.0951. The number of hydrogen-bond acceptors (Lipinski definition) is 4. The summed E-state index contributed by atoms with van der Waals surface area (Å²) in [5, 5.41) is 3.04. The van der Waals surface area contributed by atoms with Gasteiger partial charge in [0.05, 0.1) is 12.3 Å². The minimum absolute atomic E-state index is 0.110. The van der Waals surface area contributed by atoms with Crippen molar-refractivity contribution >= 4 is 5.91 Å². The monoisotopic (exact) mass is 488 g/mol. The zero-order chi connectivity index (χ0) is 25.5. The van der Waals surface area contributed by atoms with Gasteiger partial charge >= 0.3 is 0 Å². The topological polar surface area (TPSA) is 64.4 Å². The fourth-order valence-electron chi connectivity index (χ4n) is 4.20. The second kappa shape index (κ2) is 11.4. The minimum Gasteiger partial charge on any atom is -0.493 e. The molecule has 0 aliphatic rings. The summed E-state index contributed by atoms with van der Waals surface area (Å²) in [4.78, 5) is 17.6. The number of oxazole rings is 1. The van der Waals surface area contributed by atoms with Gasteiger partial charge in [-0.2, -0.15) is 0 Å². The van der Waals surface area contributed by atoms with Crippen molar-refractivity contribution in [1.82, 2.24) is 10.3 Å². The predicted octanol–water partition coefficient (Wildman–Crippen LogP) is 6.87. The highest BCUT2D eigenvalue weighted by molar-refractivity contribution is 6.00. The summed E-state index contributed by atoms with van der Waals surface area (Å²) in [5.41, 5.74) is 5.39. The number of aromatic nitrogens is 1. The Labute approximate surface area is 216 Å². The molecule has 1 aromatic heterocycles. The molecule has 1 amide bonds. The molecule has 5 rings (SSSR count). The summed E-state index contributed by atoms with van der Waals surface area (Å²) in [6.07, 6.45) is 0.638. The molecule has 0 atom stereocenters. The summed E-state index contributed by atoms with van der Waals surface area (Å²) < 4.78 is 11.8. The number of carbonyl (C=O) groups is 1. The van der Waals surface area contributed by atoms with E-state index in [2.05, 4.69) is 10.3 Å². The van der Waals surface area contributed by atoms with Crippen LogP contribution < -0.4 is 10.1 Å². The smallest absolute Gasteiger partial charge is 0.252 e. The van der Waals surface area contributed by atoms with Gasteiger partial charge in [0, 0.05) is 24.1 Å². The van der Waals surface area contributed by atoms with E-state index >= 15 is 0 Å². The Morgan fingerprint density at radius 2 is 1.54 bits per heavy atom. The third kappa shape index (κ3) is 5.96. The van der Waals surface area contributed by atoms with Crippen molar-refractivity contribution in [1.29, 1.82) is 0 Å². The van der Waals surface area contributed by atoms with Gasteiger partial charge in [0.15, 0.2) is 0 Å². The first-order chi connectivity index (χ1) is 18.2. The lowest BCUT2D eigenvalue weighted by Gasteiger charge is -2.11. The third-order valence-electron chi connectivity index (χ3n) is 6.13. The normalized spacial score (nSPS) is 10.7. The van der Waals surface area contributed by atoms with E-state index in [1.54, 1.807) is 0 Å². The third-order valence-corrected chi connectivity index (χ3v) is 6.13. The second-order valence-corrected chi connectivity index (χ2v) is 8.73. The van der Waals surface area contributed by atoms with Crippen LogP contribution in [-0.4, -0.2) is 17.5 Å². The Hall–Kier alpha value is -4.64. The van der Waals surface area contributed by atoms with Crippen molar-refractivity contribution < 1.29 is 13.9 Å². The summed E-state index contributed by atoms with van der Waals surface area (Å²) in [6.45, 7) is 2.80. The number of hydrogen-bond donors (Lipinski definition) is 1. The molecule has 5 nitrogen and oxygen atoms in total. The number of amides is 1. The molecule has 1 heterocycles. The Balaban J connectivity index is 1.18. The van der Waals surface area contributed by atoms with E-state index in [0.29, 0.717) is 31.0 Å². The second-order valence-electron chi connectivity index (χ2n) is 8.73. The maximum atomic E-state index is 13.0. The zero-order valence-corrected chi connectivity index (χ0v) is 20.7. The summed E-state index contributed by atoms with van der Waals surface area (Å²) >= 11 is 0. The van der Waals surface area contributed by atoms with Crippen molar-refractivity contribution in [2.45, 2.75) is 19.9 Å². The first-order valence-corrected chi connectivity index (χ1v) is 12.3. The van der Waals surface area contributed by atoms with Crippen molar-refractivity contribution in [3.05, 3.63) is 132 Å². The van der Waals surface area contributed by atoms with Crippen LogP contribution in [0.15, 0.2) is 114 Å². The van der Waals surface area contributed by atoms with Crippen molar-refractivity contribution in [2.24, 2.45) is 0 Å². The van der Waals surface area contributed by atoms with Gasteiger partial charge < -0.3 is 14.5 Å². The van der Waals surface area contributed by atoms with Gasteiger partial charge in [0.1, 0.15) is 11.5 Å². The molecule has 0 saturated carbocycles. The first kappa shape index (κ1) is 24.1. The number of nitrogens with one attached hydrogen (secondary N) is 1. The first-order valence-electron chi connectivity index (χ1n) is 12.3. The Morgan fingerprint density at radius 3 is 2.32 bits per heavy atom. The number of rotatable bonds is 9. The molecule has 0 aliphatic heterocycles. The minimum atomic E-state index is -0.110. The lowest BCUT2D eigenvalue weighted by atomic mass is 9.99. The standard InChI is InChI=1S/C32H28N2O3/c1-23-30(34-32(37-23)26-14-6-3-7-15-26)19-20-36-27-16-10-11-24(21-27)22-33-31(35)29-18-9-8-17-28(29)25-12-4-2-5-13-25/h2-18,21H,19-20,22H2,1H3,(H,33,35). The molecular formula is C32H28N2O3. The van der Waals surface area contributed by atoms with Gasteiger partial charge in [0.25, 0.3) is 5.91 Å². The summed E-state index contributed by atoms with van der Waals surface area (Å²) in [5.74, 6) is 2.07. The Morgan fingerprint density at radius 1 is 0.838 bits per heavy atom. The SMILES string of the molecule is Cc1oc(-c2ccccc2)nc1CCOc1cccc(CNC(=O)c2ccccc2-c2ccccc2)c1. The maximum Gasteiger partial charge on any atom is 0.252 e. The molecule has 0 radical (unpaired) electrons. The maximum absolute atomic E-state index is 13.0. The van der Waals surface area contributed by atoms with Gasteiger partial charge in [-0.05, 0) is 53.9 Å². The van der Waals surface area contributed by atoms with Crippen LogP contribution in [-0.2, 0) is 13.0 Å². The molecule has 0 aliphatic carbocycles. The van der Waals surface area contributed by atoms with Crippen LogP contribution in [0.5, 0.6) is 5.75 Å². The molecule has 0 bridgehead atoms. The lowest BCUT2D eigenvalue weighted by Crippen LogP contribution is -2.23. The molecule has 5 heteroatoms. The van der Waals surface area contributed by atoms with Crippen LogP contribution in [0.1, 0.15) is 27.4 Å². The predicted molar refractivity (Wildman–Crippen MR) is 145 cm³/mol. The zero-order valence-electron chi connectivity index (χ0n) is 20.7. The van der Waals surface area contributed by atoms with E-state index in [-0.39, 0.29) is 5.91 Å². The highest BCUT2D eigenvalue weighted by Crippen LogP contribution is 2.24. The molecular weight excluding hydrogens is 460 g/mol. The molecule has 0 unspecified atom stereocenters. The number of aryl methyl sites for hydroxylation is 1. The highest BCUT2D eigenvalue weighted by atomic mass is 16.5. The van der Waals surface area contributed by atoms with Gasteiger partial charge in [-0.3, -0.25) is 4.79 Å². The van der Waals surface area contributed by atoms with Crippen LogP contribution in [0.25, 0.3) is 22.6 Å². The summed E-state index contributed by atoms with van der Waals surface area (Å²) in [7, 11) is 0. The van der Waals surface area contributed by atoms with Crippen LogP contribution in [0, 0.1) is 6.92 Å². The van der Waals surface area contributed by atoms with Crippen molar-refractivity contribution in [3.8, 4) is 28.3 Å². The highest BCUT2D eigenvalue weighted by Gasteiger charge is 2.13. The molecule has 5 aromatic rings.